The fourth-order valence-electron chi connectivity index (χ4n) is 4.95. The van der Waals surface area contributed by atoms with Gasteiger partial charge >= 0.3 is 18.0 Å². The van der Waals surface area contributed by atoms with E-state index in [1.807, 2.05) is 12.2 Å². The molecule has 0 unspecified atom stereocenters. The Morgan fingerprint density at radius 3 is 1.33 bits per heavy atom. The quantitative estimate of drug-likeness (QED) is 0.0364. The summed E-state index contributed by atoms with van der Waals surface area (Å²) in [6.45, 7) is 5.15. The number of esters is 2. The molecule has 0 radical (unpaired) electrons. The number of ether oxygens (including phenoxy) is 3. The maximum atomic E-state index is 11.8. The Morgan fingerprint density at radius 2 is 0.930 bits per heavy atom. The molecule has 0 aliphatic carbocycles. The van der Waals surface area contributed by atoms with E-state index in [1.165, 1.54) is 38.5 Å². The van der Waals surface area contributed by atoms with Crippen LogP contribution in [0.15, 0.2) is 24.3 Å². The number of nitrogens with two attached hydrogens (primary N) is 1. The van der Waals surface area contributed by atoms with E-state index < -0.39 is 6.09 Å². The van der Waals surface area contributed by atoms with Crippen LogP contribution >= 0.6 is 0 Å². The number of hydrogen-bond acceptors (Lipinski definition) is 6. The average molecular weight is 608 g/mol. The maximum absolute atomic E-state index is 11.8. The first-order valence-electron chi connectivity index (χ1n) is 17.6. The number of primary amides is 1. The van der Waals surface area contributed by atoms with Gasteiger partial charge in [0.15, 0.2) is 0 Å². The molecule has 0 bridgehead atoms. The molecule has 0 aromatic heterocycles. The molecule has 0 aromatic rings. The van der Waals surface area contributed by atoms with Gasteiger partial charge in [-0.3, -0.25) is 9.59 Å². The lowest BCUT2D eigenvalue weighted by molar-refractivity contribution is -0.143. The maximum Gasteiger partial charge on any atom is 0.404 e. The summed E-state index contributed by atoms with van der Waals surface area (Å²) >= 11 is 0. The van der Waals surface area contributed by atoms with Gasteiger partial charge in [0.25, 0.3) is 0 Å². The first-order valence-corrected chi connectivity index (χ1v) is 17.6. The van der Waals surface area contributed by atoms with Crippen molar-refractivity contribution >= 4 is 18.0 Å². The van der Waals surface area contributed by atoms with Crippen molar-refractivity contribution in [3.8, 4) is 0 Å². The number of hydrogen-bond donors (Lipinski definition) is 1. The third-order valence-electron chi connectivity index (χ3n) is 7.56. The first-order chi connectivity index (χ1) is 21.0. The summed E-state index contributed by atoms with van der Waals surface area (Å²) in [6.07, 6.45) is 31.8. The predicted octanol–water partition coefficient (Wildman–Crippen LogP) is 10.1. The van der Waals surface area contributed by atoms with Crippen LogP contribution in [0.4, 0.5) is 4.79 Å². The van der Waals surface area contributed by atoms with Crippen molar-refractivity contribution in [2.24, 2.45) is 5.73 Å². The Kier molecular flexibility index (Phi) is 30.8. The molecule has 1 amide bonds. The molecule has 7 heteroatoms. The minimum atomic E-state index is -0.692. The van der Waals surface area contributed by atoms with Crippen LogP contribution in [0.3, 0.4) is 0 Å². The lowest BCUT2D eigenvalue weighted by atomic mass is 10.0. The molecule has 0 aromatic carbocycles. The number of unbranched alkanes of at least 4 members (excludes halogenated alkanes) is 16. The van der Waals surface area contributed by atoms with Crippen molar-refractivity contribution in [3.05, 3.63) is 24.3 Å². The molecule has 7 nitrogen and oxygen atoms in total. The number of rotatable bonds is 31. The summed E-state index contributed by atoms with van der Waals surface area (Å²) in [5.41, 5.74) is 5.29. The Bertz CT molecular complexity index is 669. The minimum Gasteiger partial charge on any atom is -0.461 e. The molecule has 0 aliphatic heterocycles. The van der Waals surface area contributed by atoms with Crippen LogP contribution in [-0.4, -0.2) is 37.3 Å². The Hall–Kier alpha value is -2.31. The average Bonchev–Trinajstić information content (AvgIpc) is 2.98. The molecule has 0 saturated heterocycles. The molecule has 0 spiro atoms. The van der Waals surface area contributed by atoms with Gasteiger partial charge < -0.3 is 19.9 Å². The van der Waals surface area contributed by atoms with Gasteiger partial charge in [-0.15, -0.1) is 0 Å². The topological polar surface area (TPSA) is 105 Å². The summed E-state index contributed by atoms with van der Waals surface area (Å²) in [5.74, 6) is -0.220. The second-order valence-corrected chi connectivity index (χ2v) is 11.7. The third kappa shape index (κ3) is 32.4. The molecule has 2 N–H and O–H groups in total. The van der Waals surface area contributed by atoms with E-state index in [9.17, 15) is 14.4 Å². The van der Waals surface area contributed by atoms with Gasteiger partial charge in [-0.2, -0.15) is 0 Å². The smallest absolute Gasteiger partial charge is 0.404 e. The molecule has 43 heavy (non-hydrogen) atoms. The molecule has 250 valence electrons. The van der Waals surface area contributed by atoms with Crippen LogP contribution in [0.1, 0.15) is 168 Å². The van der Waals surface area contributed by atoms with E-state index in [4.69, 9.17) is 19.9 Å². The monoisotopic (exact) mass is 607 g/mol. The van der Waals surface area contributed by atoms with Crippen molar-refractivity contribution < 1.29 is 28.6 Å². The molecule has 0 saturated carbocycles. The summed E-state index contributed by atoms with van der Waals surface area (Å²) in [5, 5.41) is 0. The van der Waals surface area contributed by atoms with Crippen LogP contribution in [0, 0.1) is 0 Å². The lowest BCUT2D eigenvalue weighted by Crippen LogP contribution is -2.22. The summed E-state index contributed by atoms with van der Waals surface area (Å²) in [6, 6.07) is 0. The zero-order valence-electron chi connectivity index (χ0n) is 27.8. The van der Waals surface area contributed by atoms with Gasteiger partial charge in [-0.25, -0.2) is 4.79 Å². The largest absolute Gasteiger partial charge is 0.461 e. The van der Waals surface area contributed by atoms with Crippen molar-refractivity contribution in [1.82, 2.24) is 0 Å². The van der Waals surface area contributed by atoms with E-state index >= 15 is 0 Å². The second kappa shape index (κ2) is 32.6. The highest BCUT2D eigenvalue weighted by Gasteiger charge is 2.12. The Balaban J connectivity index is 3.70. The van der Waals surface area contributed by atoms with Crippen LogP contribution < -0.4 is 5.73 Å². The second-order valence-electron chi connectivity index (χ2n) is 11.7. The van der Waals surface area contributed by atoms with E-state index in [0.29, 0.717) is 26.1 Å². The van der Waals surface area contributed by atoms with Gasteiger partial charge in [0.05, 0.1) is 0 Å². The van der Waals surface area contributed by atoms with E-state index in [-0.39, 0.29) is 18.0 Å². The molecule has 0 rings (SSSR count). The van der Waals surface area contributed by atoms with Gasteiger partial charge in [-0.05, 0) is 64.2 Å². The minimum absolute atomic E-state index is 0.108. The Morgan fingerprint density at radius 1 is 0.535 bits per heavy atom. The molecule has 0 fully saturated rings. The zero-order valence-corrected chi connectivity index (χ0v) is 27.8. The van der Waals surface area contributed by atoms with Crippen molar-refractivity contribution in [2.45, 2.75) is 174 Å². The highest BCUT2D eigenvalue weighted by molar-refractivity contribution is 5.69. The van der Waals surface area contributed by atoms with Crippen LogP contribution in [0.2, 0.25) is 0 Å². The fraction of sp³-hybridized carbons (Fsp3) is 0.806. The summed E-state index contributed by atoms with van der Waals surface area (Å²) in [7, 11) is 0. The van der Waals surface area contributed by atoms with Gasteiger partial charge in [0.1, 0.15) is 19.3 Å². The normalized spacial score (nSPS) is 11.5. The fourth-order valence-corrected chi connectivity index (χ4v) is 4.95. The predicted molar refractivity (Wildman–Crippen MR) is 177 cm³/mol. The molecule has 0 atom stereocenters. The standard InChI is InChI=1S/C36H65NO6/c1-3-5-7-9-19-25-31-41-34(38)29-23-17-13-11-15-21-27-33(43-36(37)40)28-22-16-12-14-18-24-30-35(39)42-32-26-20-10-8-6-4-2/h19-20,25-26,33H,3-18,21-24,27-32H2,1-2H3,(H2,37,40)/b25-19+,26-20+. The van der Waals surface area contributed by atoms with Gasteiger partial charge in [0, 0.05) is 12.8 Å². The van der Waals surface area contributed by atoms with E-state index in [1.54, 1.807) is 0 Å². The van der Waals surface area contributed by atoms with Crippen LogP contribution in [0.5, 0.6) is 0 Å². The lowest BCUT2D eigenvalue weighted by Gasteiger charge is -2.16. The Labute approximate surface area is 263 Å². The van der Waals surface area contributed by atoms with Gasteiger partial charge in [-0.1, -0.05) is 115 Å². The van der Waals surface area contributed by atoms with Crippen molar-refractivity contribution in [2.75, 3.05) is 13.2 Å². The number of amides is 1. The summed E-state index contributed by atoms with van der Waals surface area (Å²) < 4.78 is 15.9. The number of carbonyl (C=O) groups is 3. The highest BCUT2D eigenvalue weighted by Crippen LogP contribution is 2.17. The highest BCUT2D eigenvalue weighted by atomic mass is 16.6. The number of carbonyl (C=O) groups excluding carboxylic acids is 3. The van der Waals surface area contributed by atoms with E-state index in [0.717, 1.165) is 103 Å². The molecule has 0 aliphatic rings. The molecular weight excluding hydrogens is 542 g/mol. The van der Waals surface area contributed by atoms with Gasteiger partial charge in [0.2, 0.25) is 0 Å². The zero-order chi connectivity index (χ0) is 31.6. The molecule has 0 heterocycles. The first kappa shape index (κ1) is 40.7. The third-order valence-corrected chi connectivity index (χ3v) is 7.56. The van der Waals surface area contributed by atoms with E-state index in [2.05, 4.69) is 26.0 Å². The number of allylic oxidation sites excluding steroid dienone is 2. The SMILES string of the molecule is CCCCC/C=C/COC(=O)CCCCCCCCC(CCCCCCCCC(=O)OC/C=C/CCCCC)OC(N)=O. The van der Waals surface area contributed by atoms with Crippen LogP contribution in [-0.2, 0) is 23.8 Å². The molecular formula is C36H65NO6. The van der Waals surface area contributed by atoms with Crippen molar-refractivity contribution in [1.29, 1.82) is 0 Å². The van der Waals surface area contributed by atoms with Crippen LogP contribution in [0.25, 0.3) is 0 Å². The summed E-state index contributed by atoms with van der Waals surface area (Å²) in [4.78, 5) is 35.0. The van der Waals surface area contributed by atoms with Crippen molar-refractivity contribution in [3.63, 3.8) is 0 Å².